The molecule has 0 radical (unpaired) electrons. The second-order valence-electron chi connectivity index (χ2n) is 2.88. The van der Waals surface area contributed by atoms with E-state index in [9.17, 15) is 0 Å². The molecule has 1 nitrogen and oxygen atoms in total. The molecule has 1 unspecified atom stereocenters. The van der Waals surface area contributed by atoms with Crippen LogP contribution in [0.15, 0.2) is 9.30 Å². The first-order chi connectivity index (χ1) is 5.86. The maximum Gasteiger partial charge on any atom is 0.159 e. The van der Waals surface area contributed by atoms with Crippen molar-refractivity contribution in [3.8, 4) is 0 Å². The topological polar surface area (TPSA) is 12.9 Å². The van der Waals surface area contributed by atoms with Gasteiger partial charge in [-0.3, -0.25) is 0 Å². The first-order valence-corrected chi connectivity index (χ1v) is 6.81. The second-order valence-corrected chi connectivity index (χ2v) is 6.33. The number of hydrogen-bond donors (Lipinski definition) is 0. The SMILES string of the molecule is Brc1nc(C2CCCCS2)cs1. The zero-order valence-corrected chi connectivity index (χ0v) is 9.84. The number of thioether (sulfide) groups is 1. The summed E-state index contributed by atoms with van der Waals surface area (Å²) in [4.78, 5) is 4.45. The van der Waals surface area contributed by atoms with Gasteiger partial charge in [0.1, 0.15) is 0 Å². The van der Waals surface area contributed by atoms with Crippen molar-refractivity contribution in [2.24, 2.45) is 0 Å². The molecular formula is C8H10BrNS2. The fourth-order valence-electron chi connectivity index (χ4n) is 1.39. The van der Waals surface area contributed by atoms with Gasteiger partial charge in [0.05, 0.1) is 5.69 Å². The van der Waals surface area contributed by atoms with Gasteiger partial charge in [0, 0.05) is 10.6 Å². The number of aromatic nitrogens is 1. The van der Waals surface area contributed by atoms with Crippen molar-refractivity contribution in [1.82, 2.24) is 4.98 Å². The molecule has 0 spiro atoms. The molecule has 1 aromatic rings. The van der Waals surface area contributed by atoms with E-state index in [4.69, 9.17) is 0 Å². The van der Waals surface area contributed by atoms with Gasteiger partial charge in [-0.1, -0.05) is 6.42 Å². The molecular weight excluding hydrogens is 254 g/mol. The minimum atomic E-state index is 0.668. The van der Waals surface area contributed by atoms with E-state index in [0.29, 0.717) is 5.25 Å². The number of nitrogens with zero attached hydrogens (tertiary/aromatic N) is 1. The zero-order chi connectivity index (χ0) is 8.39. The fraction of sp³-hybridized carbons (Fsp3) is 0.625. The summed E-state index contributed by atoms with van der Waals surface area (Å²) in [6.07, 6.45) is 4.06. The van der Waals surface area contributed by atoms with Crippen LogP contribution in [0.3, 0.4) is 0 Å². The zero-order valence-electron chi connectivity index (χ0n) is 6.62. The monoisotopic (exact) mass is 263 g/mol. The maximum absolute atomic E-state index is 4.45. The predicted molar refractivity (Wildman–Crippen MR) is 58.9 cm³/mol. The standard InChI is InChI=1S/C8H10BrNS2/c9-8-10-6(5-12-8)7-3-1-2-4-11-7/h5,7H,1-4H2. The normalized spacial score (nSPS) is 24.2. The molecule has 1 saturated heterocycles. The molecule has 2 rings (SSSR count). The van der Waals surface area contributed by atoms with Crippen LogP contribution >= 0.6 is 39.0 Å². The first-order valence-electron chi connectivity index (χ1n) is 4.09. The highest BCUT2D eigenvalue weighted by Gasteiger charge is 2.17. The number of rotatable bonds is 1. The van der Waals surface area contributed by atoms with E-state index in [-0.39, 0.29) is 0 Å². The first kappa shape index (κ1) is 9.03. The van der Waals surface area contributed by atoms with Crippen LogP contribution in [-0.4, -0.2) is 10.7 Å². The largest absolute Gasteiger partial charge is 0.233 e. The van der Waals surface area contributed by atoms with E-state index in [2.05, 4.69) is 38.1 Å². The lowest BCUT2D eigenvalue weighted by molar-refractivity contribution is 0.677. The molecule has 4 heteroatoms. The van der Waals surface area contributed by atoms with Gasteiger partial charge >= 0.3 is 0 Å². The molecule has 1 fully saturated rings. The van der Waals surface area contributed by atoms with Gasteiger partial charge in [0.25, 0.3) is 0 Å². The summed E-state index contributed by atoms with van der Waals surface area (Å²) >= 11 is 7.14. The van der Waals surface area contributed by atoms with Crippen molar-refractivity contribution < 1.29 is 0 Å². The Balaban J connectivity index is 2.08. The van der Waals surface area contributed by atoms with E-state index in [1.165, 1.54) is 30.7 Å². The summed E-state index contributed by atoms with van der Waals surface area (Å²) in [7, 11) is 0. The number of thiazole rings is 1. The van der Waals surface area contributed by atoms with Crippen molar-refractivity contribution in [2.75, 3.05) is 5.75 Å². The summed E-state index contributed by atoms with van der Waals surface area (Å²) < 4.78 is 1.02. The Morgan fingerprint density at radius 2 is 2.42 bits per heavy atom. The third-order valence-electron chi connectivity index (χ3n) is 2.00. The predicted octanol–water partition coefficient (Wildman–Crippen LogP) is 3.86. The van der Waals surface area contributed by atoms with Crippen molar-refractivity contribution in [2.45, 2.75) is 24.5 Å². The van der Waals surface area contributed by atoms with Gasteiger partial charge in [-0.2, -0.15) is 11.8 Å². The second kappa shape index (κ2) is 4.11. The minimum Gasteiger partial charge on any atom is -0.233 e. The molecule has 66 valence electrons. The summed E-state index contributed by atoms with van der Waals surface area (Å²) in [5.74, 6) is 1.31. The molecule has 0 saturated carbocycles. The van der Waals surface area contributed by atoms with Crippen molar-refractivity contribution >= 4 is 39.0 Å². The minimum absolute atomic E-state index is 0.668. The van der Waals surface area contributed by atoms with Gasteiger partial charge in [0.2, 0.25) is 0 Å². The van der Waals surface area contributed by atoms with Crippen LogP contribution in [0.5, 0.6) is 0 Å². The molecule has 1 aromatic heterocycles. The molecule has 0 aliphatic carbocycles. The summed E-state index contributed by atoms with van der Waals surface area (Å²) in [6, 6.07) is 0. The lowest BCUT2D eigenvalue weighted by Gasteiger charge is -2.18. The molecule has 2 heterocycles. The molecule has 0 N–H and O–H groups in total. The van der Waals surface area contributed by atoms with Crippen LogP contribution in [0.4, 0.5) is 0 Å². The molecule has 0 bridgehead atoms. The molecule has 0 aromatic carbocycles. The highest BCUT2D eigenvalue weighted by atomic mass is 79.9. The van der Waals surface area contributed by atoms with Gasteiger partial charge < -0.3 is 0 Å². The molecule has 12 heavy (non-hydrogen) atoms. The van der Waals surface area contributed by atoms with Crippen LogP contribution in [-0.2, 0) is 0 Å². The van der Waals surface area contributed by atoms with E-state index in [0.717, 1.165) is 3.92 Å². The van der Waals surface area contributed by atoms with Crippen LogP contribution in [0.2, 0.25) is 0 Å². The smallest absolute Gasteiger partial charge is 0.159 e. The average molecular weight is 264 g/mol. The van der Waals surface area contributed by atoms with Gasteiger partial charge in [-0.15, -0.1) is 11.3 Å². The Hall–Kier alpha value is 0.460. The molecule has 1 atom stereocenters. The summed E-state index contributed by atoms with van der Waals surface area (Å²) in [5, 5.41) is 2.84. The average Bonchev–Trinajstić information content (AvgIpc) is 2.54. The van der Waals surface area contributed by atoms with Crippen molar-refractivity contribution in [1.29, 1.82) is 0 Å². The Labute approximate surface area is 89.1 Å². The molecule has 1 aliphatic rings. The van der Waals surface area contributed by atoms with Crippen LogP contribution in [0.25, 0.3) is 0 Å². The Kier molecular flexibility index (Phi) is 3.10. The van der Waals surface area contributed by atoms with Crippen LogP contribution < -0.4 is 0 Å². The Bertz CT molecular complexity index is 255. The van der Waals surface area contributed by atoms with Crippen LogP contribution in [0.1, 0.15) is 30.2 Å². The Morgan fingerprint density at radius 3 is 3.00 bits per heavy atom. The number of halogens is 1. The highest BCUT2D eigenvalue weighted by Crippen LogP contribution is 2.38. The van der Waals surface area contributed by atoms with Gasteiger partial charge in [0.15, 0.2) is 3.92 Å². The fourth-order valence-corrected chi connectivity index (χ4v) is 3.83. The third-order valence-corrected chi connectivity index (χ3v) is 4.79. The van der Waals surface area contributed by atoms with E-state index >= 15 is 0 Å². The molecule has 1 aliphatic heterocycles. The van der Waals surface area contributed by atoms with Crippen LogP contribution in [0, 0.1) is 0 Å². The summed E-state index contributed by atoms with van der Waals surface area (Å²) in [6.45, 7) is 0. The van der Waals surface area contributed by atoms with Gasteiger partial charge in [-0.25, -0.2) is 4.98 Å². The lowest BCUT2D eigenvalue weighted by Crippen LogP contribution is -2.01. The number of hydrogen-bond acceptors (Lipinski definition) is 3. The maximum atomic E-state index is 4.45. The quantitative estimate of drug-likeness (QED) is 0.763. The lowest BCUT2D eigenvalue weighted by atomic mass is 10.1. The van der Waals surface area contributed by atoms with E-state index < -0.39 is 0 Å². The van der Waals surface area contributed by atoms with Gasteiger partial charge in [-0.05, 0) is 34.5 Å². The molecule has 0 amide bonds. The van der Waals surface area contributed by atoms with Crippen molar-refractivity contribution in [3.63, 3.8) is 0 Å². The van der Waals surface area contributed by atoms with Crippen molar-refractivity contribution in [3.05, 3.63) is 15.0 Å². The third kappa shape index (κ3) is 2.03. The Morgan fingerprint density at radius 1 is 1.50 bits per heavy atom. The van der Waals surface area contributed by atoms with E-state index in [1.54, 1.807) is 11.3 Å². The summed E-state index contributed by atoms with van der Waals surface area (Å²) in [5.41, 5.74) is 1.27. The highest BCUT2D eigenvalue weighted by molar-refractivity contribution is 9.11. The van der Waals surface area contributed by atoms with E-state index in [1.807, 2.05) is 0 Å².